The largest absolute Gasteiger partial charge is 0.462 e. The van der Waals surface area contributed by atoms with Crippen molar-refractivity contribution in [1.29, 1.82) is 0 Å². The van der Waals surface area contributed by atoms with E-state index in [-0.39, 0.29) is 5.57 Å². The van der Waals surface area contributed by atoms with Gasteiger partial charge in [0.2, 0.25) is 0 Å². The molecule has 0 N–H and O–H groups in total. The van der Waals surface area contributed by atoms with Crippen LogP contribution in [0.15, 0.2) is 24.5 Å². The van der Waals surface area contributed by atoms with Crippen molar-refractivity contribution in [1.82, 2.24) is 0 Å². The molecule has 23 heavy (non-hydrogen) atoms. The van der Waals surface area contributed by atoms with E-state index in [4.69, 9.17) is 4.74 Å². The summed E-state index contributed by atoms with van der Waals surface area (Å²) in [6.45, 7) is 7.47. The van der Waals surface area contributed by atoms with E-state index in [2.05, 4.69) is 18.2 Å². The van der Waals surface area contributed by atoms with Gasteiger partial charge in [0.05, 0.1) is 12.2 Å². The van der Waals surface area contributed by atoms with Gasteiger partial charge in [-0.05, 0) is 13.3 Å². The maximum atomic E-state index is 11.6. The van der Waals surface area contributed by atoms with Gasteiger partial charge in [-0.2, -0.15) is 0 Å². The Balaban J connectivity index is 3.48. The molecular weight excluding hydrogens is 292 g/mol. The van der Waals surface area contributed by atoms with Crippen LogP contribution in [0.5, 0.6) is 0 Å². The number of esters is 2. The number of unbranched alkanes of at least 4 members (excludes halogenated alkanes) is 9. The third-order valence-corrected chi connectivity index (χ3v) is 3.57. The number of hydrogen-bond donors (Lipinski definition) is 0. The standard InChI is InChI=1S/C19H32O4/c1-4-6-7-8-9-10-11-12-13-14-15-22-19(21)17(3)16-23-18(20)5-2/h5,16H,2,4,6-15H2,1,3H3/b17-16+. The lowest BCUT2D eigenvalue weighted by Gasteiger charge is -2.05. The normalized spacial score (nSPS) is 11.1. The lowest BCUT2D eigenvalue weighted by Crippen LogP contribution is -2.08. The van der Waals surface area contributed by atoms with Gasteiger partial charge in [0.25, 0.3) is 0 Å². The van der Waals surface area contributed by atoms with Crippen LogP contribution in [0.25, 0.3) is 0 Å². The van der Waals surface area contributed by atoms with Crippen molar-refractivity contribution in [3.05, 3.63) is 24.5 Å². The first-order chi connectivity index (χ1) is 11.1. The molecule has 0 saturated heterocycles. The molecule has 0 aromatic heterocycles. The molecule has 0 aliphatic carbocycles. The first kappa shape index (κ1) is 21.4. The molecule has 0 aliphatic heterocycles. The van der Waals surface area contributed by atoms with E-state index in [0.29, 0.717) is 6.61 Å². The molecule has 0 aromatic rings. The minimum Gasteiger partial charge on any atom is -0.462 e. The van der Waals surface area contributed by atoms with Crippen molar-refractivity contribution in [3.63, 3.8) is 0 Å². The molecule has 0 saturated carbocycles. The second kappa shape index (κ2) is 15.3. The minimum atomic E-state index is -0.591. The van der Waals surface area contributed by atoms with Gasteiger partial charge in [-0.25, -0.2) is 9.59 Å². The number of rotatable bonds is 14. The SMILES string of the molecule is C=CC(=O)O/C=C(\C)C(=O)OCCCCCCCCCCCC. The lowest BCUT2D eigenvalue weighted by atomic mass is 10.1. The highest BCUT2D eigenvalue weighted by molar-refractivity contribution is 5.88. The number of ether oxygens (including phenoxy) is 2. The fourth-order valence-corrected chi connectivity index (χ4v) is 2.11. The van der Waals surface area contributed by atoms with Gasteiger partial charge in [-0.3, -0.25) is 0 Å². The third-order valence-electron chi connectivity index (χ3n) is 3.57. The summed E-state index contributed by atoms with van der Waals surface area (Å²) in [5, 5.41) is 0. The molecule has 0 bridgehead atoms. The molecule has 0 spiro atoms. The Kier molecular flexibility index (Phi) is 14.3. The van der Waals surface area contributed by atoms with Crippen LogP contribution in [0.2, 0.25) is 0 Å². The van der Waals surface area contributed by atoms with Gasteiger partial charge in [0.15, 0.2) is 0 Å². The molecule has 0 radical (unpaired) electrons. The second-order valence-electron chi connectivity index (χ2n) is 5.76. The Hall–Kier alpha value is -1.58. The topological polar surface area (TPSA) is 52.6 Å². The van der Waals surface area contributed by atoms with Gasteiger partial charge in [0, 0.05) is 6.08 Å². The van der Waals surface area contributed by atoms with Gasteiger partial charge < -0.3 is 9.47 Å². The molecule has 4 heteroatoms. The summed E-state index contributed by atoms with van der Waals surface area (Å²) in [4.78, 5) is 22.5. The van der Waals surface area contributed by atoms with E-state index < -0.39 is 11.9 Å². The molecule has 0 atom stereocenters. The molecule has 0 unspecified atom stereocenters. The van der Waals surface area contributed by atoms with Gasteiger partial charge in [-0.1, -0.05) is 71.3 Å². The van der Waals surface area contributed by atoms with Crippen LogP contribution in [0, 0.1) is 0 Å². The molecule has 0 aromatic carbocycles. The zero-order valence-electron chi connectivity index (χ0n) is 14.8. The minimum absolute atomic E-state index is 0.271. The Bertz CT molecular complexity index is 372. The Morgan fingerprint density at radius 2 is 1.43 bits per heavy atom. The van der Waals surface area contributed by atoms with Crippen molar-refractivity contribution >= 4 is 11.9 Å². The first-order valence-corrected chi connectivity index (χ1v) is 8.78. The summed E-state index contributed by atoms with van der Waals surface area (Å²) in [7, 11) is 0. The molecule has 132 valence electrons. The van der Waals surface area contributed by atoms with Crippen LogP contribution in [-0.2, 0) is 19.1 Å². The van der Waals surface area contributed by atoms with E-state index >= 15 is 0 Å². The molecule has 0 heterocycles. The van der Waals surface area contributed by atoms with E-state index in [1.54, 1.807) is 6.92 Å². The van der Waals surface area contributed by atoms with Crippen LogP contribution < -0.4 is 0 Å². The first-order valence-electron chi connectivity index (χ1n) is 8.78. The van der Waals surface area contributed by atoms with E-state index in [1.807, 2.05) is 0 Å². The van der Waals surface area contributed by atoms with Crippen molar-refractivity contribution in [2.45, 2.75) is 78.1 Å². The highest BCUT2D eigenvalue weighted by Crippen LogP contribution is 2.10. The van der Waals surface area contributed by atoms with Crippen LogP contribution in [0.1, 0.15) is 78.1 Å². The molecule has 0 amide bonds. The Labute approximate surface area is 140 Å². The predicted molar refractivity (Wildman–Crippen MR) is 92.8 cm³/mol. The highest BCUT2D eigenvalue weighted by Gasteiger charge is 2.06. The van der Waals surface area contributed by atoms with Crippen molar-refractivity contribution in [2.75, 3.05) is 6.61 Å². The molecule has 0 fully saturated rings. The second-order valence-corrected chi connectivity index (χ2v) is 5.76. The highest BCUT2D eigenvalue weighted by atomic mass is 16.5. The third kappa shape index (κ3) is 13.8. The Morgan fingerprint density at radius 3 is 1.96 bits per heavy atom. The van der Waals surface area contributed by atoms with Crippen LogP contribution in [0.3, 0.4) is 0 Å². The van der Waals surface area contributed by atoms with Gasteiger partial charge >= 0.3 is 11.9 Å². The molecule has 0 rings (SSSR count). The zero-order valence-corrected chi connectivity index (χ0v) is 14.8. The number of hydrogen-bond acceptors (Lipinski definition) is 4. The summed E-state index contributed by atoms with van der Waals surface area (Å²) in [5.74, 6) is -1.04. The quantitative estimate of drug-likeness (QED) is 0.193. The fraction of sp³-hybridized carbons (Fsp3) is 0.684. The summed E-state index contributed by atoms with van der Waals surface area (Å²) in [6.07, 6.45) is 14.6. The zero-order chi connectivity index (χ0) is 17.3. The summed E-state index contributed by atoms with van der Waals surface area (Å²) >= 11 is 0. The maximum absolute atomic E-state index is 11.6. The summed E-state index contributed by atoms with van der Waals surface area (Å²) < 4.78 is 9.78. The van der Waals surface area contributed by atoms with E-state index in [1.165, 1.54) is 51.4 Å². The average molecular weight is 324 g/mol. The monoisotopic (exact) mass is 324 g/mol. The van der Waals surface area contributed by atoms with Crippen molar-refractivity contribution < 1.29 is 19.1 Å². The average Bonchev–Trinajstić information content (AvgIpc) is 2.56. The fourth-order valence-electron chi connectivity index (χ4n) is 2.11. The van der Waals surface area contributed by atoms with Gasteiger partial charge in [0.1, 0.15) is 6.26 Å². The summed E-state index contributed by atoms with van der Waals surface area (Å²) in [5.41, 5.74) is 0.271. The smallest absolute Gasteiger partial charge is 0.336 e. The summed E-state index contributed by atoms with van der Waals surface area (Å²) in [6, 6.07) is 0. The molecular formula is C19H32O4. The predicted octanol–water partition coefficient (Wildman–Crippen LogP) is 5.08. The van der Waals surface area contributed by atoms with Crippen LogP contribution in [0.4, 0.5) is 0 Å². The maximum Gasteiger partial charge on any atom is 0.336 e. The molecule has 4 nitrogen and oxygen atoms in total. The lowest BCUT2D eigenvalue weighted by molar-refractivity contribution is -0.139. The van der Waals surface area contributed by atoms with E-state index in [0.717, 1.165) is 25.2 Å². The van der Waals surface area contributed by atoms with Gasteiger partial charge in [-0.15, -0.1) is 0 Å². The van der Waals surface area contributed by atoms with Crippen molar-refractivity contribution in [3.8, 4) is 0 Å². The molecule has 0 aliphatic rings. The number of carbonyl (C=O) groups is 2. The van der Waals surface area contributed by atoms with Crippen LogP contribution in [-0.4, -0.2) is 18.5 Å². The Morgan fingerprint density at radius 1 is 0.913 bits per heavy atom. The van der Waals surface area contributed by atoms with Crippen molar-refractivity contribution in [2.24, 2.45) is 0 Å². The van der Waals surface area contributed by atoms with Crippen LogP contribution >= 0.6 is 0 Å². The van der Waals surface area contributed by atoms with E-state index in [9.17, 15) is 9.59 Å². The number of carbonyl (C=O) groups excluding carboxylic acids is 2.